The molecule has 0 unspecified atom stereocenters. The van der Waals surface area contributed by atoms with Gasteiger partial charge >= 0.3 is 0 Å². The van der Waals surface area contributed by atoms with Gasteiger partial charge in [0.15, 0.2) is 0 Å². The fraction of sp³-hybridized carbons (Fsp3) is 0.333. The molecule has 0 N–H and O–H groups in total. The number of rotatable bonds is 7. The van der Waals surface area contributed by atoms with Crippen LogP contribution in [0.5, 0.6) is 5.75 Å². The van der Waals surface area contributed by atoms with E-state index in [0.717, 1.165) is 18.8 Å². The first-order valence-corrected chi connectivity index (χ1v) is 9.04. The van der Waals surface area contributed by atoms with Crippen LogP contribution in [-0.4, -0.2) is 18.5 Å². The highest BCUT2D eigenvalue weighted by Gasteiger charge is 2.03. The van der Waals surface area contributed by atoms with E-state index < -0.39 is 0 Å². The van der Waals surface area contributed by atoms with Crippen molar-refractivity contribution in [2.45, 2.75) is 33.9 Å². The first-order valence-electron chi connectivity index (χ1n) is 9.04. The molecule has 0 aliphatic rings. The summed E-state index contributed by atoms with van der Waals surface area (Å²) in [5, 5.41) is 0. The van der Waals surface area contributed by atoms with Crippen LogP contribution in [0.1, 0.15) is 31.9 Å². The van der Waals surface area contributed by atoms with Crippen LogP contribution in [0.15, 0.2) is 66.7 Å². The second-order valence-corrected chi connectivity index (χ2v) is 7.54. The molecule has 0 saturated heterocycles. The highest BCUT2D eigenvalue weighted by molar-refractivity contribution is 5.29. The van der Waals surface area contributed by atoms with Crippen LogP contribution in [0, 0.1) is 17.3 Å². The van der Waals surface area contributed by atoms with Crippen molar-refractivity contribution in [1.82, 2.24) is 4.90 Å². The molecule has 0 radical (unpaired) electrons. The maximum Gasteiger partial charge on any atom is 0.120 e. The van der Waals surface area contributed by atoms with Gasteiger partial charge in [-0.3, -0.25) is 4.90 Å². The zero-order valence-corrected chi connectivity index (χ0v) is 16.3. The van der Waals surface area contributed by atoms with E-state index >= 15 is 0 Å². The Balaban J connectivity index is 1.83. The average Bonchev–Trinajstić information content (AvgIpc) is 2.60. The van der Waals surface area contributed by atoms with E-state index in [0.29, 0.717) is 6.61 Å². The number of hydrogen-bond acceptors (Lipinski definition) is 2. The first kappa shape index (κ1) is 19.8. The number of ether oxygens (including phenoxy) is 1. The van der Waals surface area contributed by atoms with Crippen LogP contribution in [0.25, 0.3) is 0 Å². The quantitative estimate of drug-likeness (QED) is 0.630. The van der Waals surface area contributed by atoms with Crippen molar-refractivity contribution < 1.29 is 4.74 Å². The van der Waals surface area contributed by atoms with Crippen LogP contribution < -0.4 is 4.74 Å². The van der Waals surface area contributed by atoms with Gasteiger partial charge in [0, 0.05) is 18.5 Å². The average molecular weight is 348 g/mol. The van der Waals surface area contributed by atoms with E-state index in [9.17, 15) is 0 Å². The second kappa shape index (κ2) is 9.85. The van der Waals surface area contributed by atoms with E-state index in [-0.39, 0.29) is 5.41 Å². The largest absolute Gasteiger partial charge is 0.489 e. The topological polar surface area (TPSA) is 12.5 Å². The normalized spacial score (nSPS) is 11.4. The zero-order chi connectivity index (χ0) is 18.8. The molecule has 0 aliphatic heterocycles. The molecule has 0 amide bonds. The fourth-order valence-electron chi connectivity index (χ4n) is 2.40. The number of hydrogen-bond donors (Lipinski definition) is 0. The summed E-state index contributed by atoms with van der Waals surface area (Å²) in [6.07, 6.45) is 4.05. The molecule has 0 fully saturated rings. The minimum atomic E-state index is 0.0520. The molecule has 2 aromatic rings. The summed E-state index contributed by atoms with van der Waals surface area (Å²) in [7, 11) is 2.11. The van der Waals surface area contributed by atoms with Crippen molar-refractivity contribution in [2.75, 3.05) is 13.6 Å². The lowest BCUT2D eigenvalue weighted by atomic mass is 9.98. The Kier molecular flexibility index (Phi) is 7.51. The fourth-order valence-corrected chi connectivity index (χ4v) is 2.40. The van der Waals surface area contributed by atoms with E-state index in [1.807, 2.05) is 36.4 Å². The Morgan fingerprint density at radius 3 is 2.46 bits per heavy atom. The van der Waals surface area contributed by atoms with Gasteiger partial charge in [0.05, 0.1) is 0 Å². The van der Waals surface area contributed by atoms with Crippen molar-refractivity contribution in [1.29, 1.82) is 0 Å². The third-order valence-corrected chi connectivity index (χ3v) is 3.66. The summed E-state index contributed by atoms with van der Waals surface area (Å²) in [5.74, 6) is 7.23. The maximum atomic E-state index is 5.91. The summed E-state index contributed by atoms with van der Waals surface area (Å²) in [4.78, 5) is 2.26. The zero-order valence-electron chi connectivity index (χ0n) is 16.3. The lowest BCUT2D eigenvalue weighted by molar-refractivity contribution is 0.304. The molecule has 2 heteroatoms. The minimum absolute atomic E-state index is 0.0520. The Labute approximate surface area is 158 Å². The Morgan fingerprint density at radius 1 is 1.00 bits per heavy atom. The molecule has 0 spiro atoms. The first-order chi connectivity index (χ1) is 12.4. The molecule has 0 atom stereocenters. The van der Waals surface area contributed by atoms with Gasteiger partial charge in [-0.05, 0) is 57.2 Å². The minimum Gasteiger partial charge on any atom is -0.489 e. The molecule has 2 aromatic carbocycles. The standard InChI is InChI=1S/C24H29NO/c1-24(2,3)16-9-6-10-17-25(4)19-22-14-11-15-23(18-22)26-20-21-12-7-5-8-13-21/h5-8,10-15,18H,17,19-20H2,1-4H3. The lowest BCUT2D eigenvalue weighted by Crippen LogP contribution is -2.17. The molecular formula is C24H29NO. The summed E-state index contributed by atoms with van der Waals surface area (Å²) >= 11 is 0. The Hall–Kier alpha value is -2.50. The summed E-state index contributed by atoms with van der Waals surface area (Å²) < 4.78 is 5.91. The number of benzene rings is 2. The van der Waals surface area contributed by atoms with Gasteiger partial charge < -0.3 is 4.74 Å². The third-order valence-electron chi connectivity index (χ3n) is 3.66. The third kappa shape index (κ3) is 8.05. The maximum absolute atomic E-state index is 5.91. The lowest BCUT2D eigenvalue weighted by Gasteiger charge is -2.15. The van der Waals surface area contributed by atoms with Crippen molar-refractivity contribution in [3.8, 4) is 17.6 Å². The smallest absolute Gasteiger partial charge is 0.120 e. The summed E-state index contributed by atoms with van der Waals surface area (Å²) in [5.41, 5.74) is 2.47. The summed E-state index contributed by atoms with van der Waals surface area (Å²) in [6.45, 7) is 8.69. The van der Waals surface area contributed by atoms with Crippen molar-refractivity contribution in [2.24, 2.45) is 5.41 Å². The van der Waals surface area contributed by atoms with E-state index in [1.54, 1.807) is 0 Å². The van der Waals surface area contributed by atoms with Gasteiger partial charge in [0.2, 0.25) is 0 Å². The van der Waals surface area contributed by atoms with E-state index in [4.69, 9.17) is 4.74 Å². The molecule has 136 valence electrons. The molecule has 0 aliphatic carbocycles. The van der Waals surface area contributed by atoms with Crippen LogP contribution >= 0.6 is 0 Å². The van der Waals surface area contributed by atoms with Gasteiger partial charge in [-0.1, -0.05) is 60.4 Å². The van der Waals surface area contributed by atoms with Crippen LogP contribution in [0.2, 0.25) is 0 Å². The molecule has 0 aromatic heterocycles. The molecule has 0 heterocycles. The second-order valence-electron chi connectivity index (χ2n) is 7.54. The summed E-state index contributed by atoms with van der Waals surface area (Å²) in [6, 6.07) is 18.5. The van der Waals surface area contributed by atoms with E-state index in [2.05, 4.69) is 74.9 Å². The van der Waals surface area contributed by atoms with Gasteiger partial charge in [-0.25, -0.2) is 0 Å². The van der Waals surface area contributed by atoms with Crippen LogP contribution in [0.4, 0.5) is 0 Å². The van der Waals surface area contributed by atoms with Gasteiger partial charge in [-0.2, -0.15) is 0 Å². The molecular weight excluding hydrogens is 318 g/mol. The highest BCUT2D eigenvalue weighted by atomic mass is 16.5. The van der Waals surface area contributed by atoms with Gasteiger partial charge in [0.1, 0.15) is 12.4 Å². The molecule has 0 bridgehead atoms. The Bertz CT molecular complexity index is 760. The van der Waals surface area contributed by atoms with Gasteiger partial charge in [-0.15, -0.1) is 0 Å². The molecule has 2 rings (SSSR count). The van der Waals surface area contributed by atoms with Crippen molar-refractivity contribution in [3.05, 3.63) is 77.9 Å². The van der Waals surface area contributed by atoms with Crippen molar-refractivity contribution >= 4 is 0 Å². The molecule has 0 saturated carbocycles. The Morgan fingerprint density at radius 2 is 1.73 bits per heavy atom. The number of nitrogens with zero attached hydrogens (tertiary/aromatic N) is 1. The number of likely N-dealkylation sites (N-methyl/N-ethyl adjacent to an activating group) is 1. The predicted molar refractivity (Wildman–Crippen MR) is 110 cm³/mol. The SMILES string of the molecule is CN(CC=CC#CC(C)(C)C)Cc1cccc(OCc2ccccc2)c1. The predicted octanol–water partition coefficient (Wildman–Crippen LogP) is 5.30. The van der Waals surface area contributed by atoms with Gasteiger partial charge in [0.25, 0.3) is 0 Å². The molecule has 26 heavy (non-hydrogen) atoms. The number of allylic oxidation sites excluding steroid dienone is 1. The van der Waals surface area contributed by atoms with Crippen LogP contribution in [0.3, 0.4) is 0 Å². The highest BCUT2D eigenvalue weighted by Crippen LogP contribution is 2.16. The monoisotopic (exact) mass is 347 g/mol. The van der Waals surface area contributed by atoms with Crippen LogP contribution in [-0.2, 0) is 13.2 Å². The van der Waals surface area contributed by atoms with E-state index in [1.165, 1.54) is 11.1 Å². The molecule has 2 nitrogen and oxygen atoms in total. The van der Waals surface area contributed by atoms with Crippen molar-refractivity contribution in [3.63, 3.8) is 0 Å².